The van der Waals surface area contributed by atoms with Crippen molar-refractivity contribution in [3.63, 3.8) is 0 Å². The second kappa shape index (κ2) is 4.67. The average molecular weight is 249 g/mol. The summed E-state index contributed by atoms with van der Waals surface area (Å²) in [5, 5.41) is 10.7. The fourth-order valence-corrected chi connectivity index (χ4v) is 3.57. The van der Waals surface area contributed by atoms with Gasteiger partial charge in [-0.2, -0.15) is 5.10 Å². The van der Waals surface area contributed by atoms with Gasteiger partial charge in [0.05, 0.1) is 12.3 Å². The average Bonchev–Trinajstić information content (AvgIpc) is 2.78. The summed E-state index contributed by atoms with van der Waals surface area (Å²) in [6, 6.07) is 0.988. The molecule has 2 saturated carbocycles. The third kappa shape index (κ3) is 1.79. The van der Waals surface area contributed by atoms with Crippen molar-refractivity contribution in [3.8, 4) is 0 Å². The lowest BCUT2D eigenvalue weighted by molar-refractivity contribution is -0.174. The van der Waals surface area contributed by atoms with Crippen LogP contribution in [0.25, 0.3) is 0 Å². The SMILES string of the molecule is CCOC1CC(NC(C)c2cn[nH]c2)C12CCC2. The molecule has 0 aliphatic heterocycles. The standard InChI is InChI=1S/C14H23N3O/c1-3-18-13-7-12(14(13)5-4-6-14)17-10(2)11-8-15-16-9-11/h8-10,12-13,17H,3-7H2,1-2H3,(H,15,16). The number of H-pyrrole nitrogens is 1. The first-order valence-electron chi connectivity index (χ1n) is 7.12. The van der Waals surface area contributed by atoms with Crippen molar-refractivity contribution in [2.75, 3.05) is 6.61 Å². The summed E-state index contributed by atoms with van der Waals surface area (Å²) in [5.41, 5.74) is 1.68. The third-order valence-corrected chi connectivity index (χ3v) is 4.91. The molecule has 0 radical (unpaired) electrons. The first-order valence-corrected chi connectivity index (χ1v) is 7.12. The van der Waals surface area contributed by atoms with Crippen molar-refractivity contribution in [3.05, 3.63) is 18.0 Å². The van der Waals surface area contributed by atoms with E-state index >= 15 is 0 Å². The van der Waals surface area contributed by atoms with E-state index in [0.29, 0.717) is 23.6 Å². The fraction of sp³-hybridized carbons (Fsp3) is 0.786. The lowest BCUT2D eigenvalue weighted by Gasteiger charge is -2.61. The van der Waals surface area contributed by atoms with Gasteiger partial charge in [0.1, 0.15) is 0 Å². The Labute approximate surface area is 108 Å². The van der Waals surface area contributed by atoms with Crippen LogP contribution in [0.15, 0.2) is 12.4 Å². The molecule has 4 nitrogen and oxygen atoms in total. The lowest BCUT2D eigenvalue weighted by atomic mass is 9.51. The molecule has 2 aliphatic rings. The van der Waals surface area contributed by atoms with E-state index in [1.54, 1.807) is 0 Å². The van der Waals surface area contributed by atoms with Gasteiger partial charge < -0.3 is 10.1 Å². The minimum absolute atomic E-state index is 0.369. The van der Waals surface area contributed by atoms with Gasteiger partial charge >= 0.3 is 0 Å². The molecule has 3 unspecified atom stereocenters. The van der Waals surface area contributed by atoms with Gasteiger partial charge in [0, 0.05) is 35.9 Å². The summed E-state index contributed by atoms with van der Waals surface area (Å²) < 4.78 is 5.88. The van der Waals surface area contributed by atoms with Crippen molar-refractivity contribution in [1.29, 1.82) is 0 Å². The highest BCUT2D eigenvalue weighted by Crippen LogP contribution is 2.57. The third-order valence-electron chi connectivity index (χ3n) is 4.91. The Morgan fingerprint density at radius 3 is 3.00 bits per heavy atom. The highest BCUT2D eigenvalue weighted by Gasteiger charge is 2.58. The Morgan fingerprint density at radius 1 is 1.61 bits per heavy atom. The molecular weight excluding hydrogens is 226 g/mol. The van der Waals surface area contributed by atoms with Gasteiger partial charge in [0.15, 0.2) is 0 Å². The zero-order chi connectivity index (χ0) is 12.6. The van der Waals surface area contributed by atoms with E-state index in [1.807, 2.05) is 12.4 Å². The number of nitrogens with zero attached hydrogens (tertiary/aromatic N) is 1. The number of nitrogens with one attached hydrogen (secondary N) is 2. The van der Waals surface area contributed by atoms with Crippen LogP contribution in [-0.2, 0) is 4.74 Å². The molecule has 3 atom stereocenters. The number of aromatic amines is 1. The summed E-state index contributed by atoms with van der Waals surface area (Å²) in [5.74, 6) is 0. The molecule has 1 heterocycles. The highest BCUT2D eigenvalue weighted by atomic mass is 16.5. The molecule has 18 heavy (non-hydrogen) atoms. The molecule has 0 aromatic carbocycles. The summed E-state index contributed by atoms with van der Waals surface area (Å²) in [6.07, 6.45) is 9.55. The zero-order valence-electron chi connectivity index (χ0n) is 11.3. The van der Waals surface area contributed by atoms with Crippen LogP contribution in [0.4, 0.5) is 0 Å². The maximum Gasteiger partial charge on any atom is 0.0661 e. The Kier molecular flexibility index (Phi) is 3.16. The normalized spacial score (nSPS) is 30.8. The lowest BCUT2D eigenvalue weighted by Crippen LogP contribution is -2.67. The van der Waals surface area contributed by atoms with Gasteiger partial charge in [-0.1, -0.05) is 6.42 Å². The van der Waals surface area contributed by atoms with Crippen molar-refractivity contribution in [2.24, 2.45) is 5.41 Å². The molecule has 2 N–H and O–H groups in total. The highest BCUT2D eigenvalue weighted by molar-refractivity contribution is 5.15. The van der Waals surface area contributed by atoms with Crippen molar-refractivity contribution in [2.45, 2.75) is 57.7 Å². The molecule has 2 fully saturated rings. The van der Waals surface area contributed by atoms with Gasteiger partial charge in [-0.25, -0.2) is 0 Å². The Hall–Kier alpha value is -0.870. The maximum atomic E-state index is 5.88. The van der Waals surface area contributed by atoms with E-state index in [0.717, 1.165) is 13.0 Å². The van der Waals surface area contributed by atoms with Crippen LogP contribution in [0, 0.1) is 5.41 Å². The summed E-state index contributed by atoms with van der Waals surface area (Å²) in [6.45, 7) is 5.16. The van der Waals surface area contributed by atoms with Gasteiger partial charge in [-0.15, -0.1) is 0 Å². The quantitative estimate of drug-likeness (QED) is 0.842. The minimum atomic E-state index is 0.369. The second-order valence-electron chi connectivity index (χ2n) is 5.74. The number of aromatic nitrogens is 2. The van der Waals surface area contributed by atoms with Gasteiger partial charge in [-0.3, -0.25) is 5.10 Å². The van der Waals surface area contributed by atoms with Crippen molar-refractivity contribution < 1.29 is 4.74 Å². The number of ether oxygens (including phenoxy) is 1. The van der Waals surface area contributed by atoms with E-state index in [2.05, 4.69) is 29.4 Å². The zero-order valence-corrected chi connectivity index (χ0v) is 11.3. The van der Waals surface area contributed by atoms with Gasteiger partial charge in [-0.05, 0) is 33.1 Å². The minimum Gasteiger partial charge on any atom is -0.378 e. The van der Waals surface area contributed by atoms with E-state index in [4.69, 9.17) is 4.74 Å². The molecule has 2 aliphatic carbocycles. The first kappa shape index (κ1) is 12.2. The maximum absolute atomic E-state index is 5.88. The van der Waals surface area contributed by atoms with Crippen LogP contribution in [0.1, 0.15) is 51.1 Å². The number of hydrogen-bond donors (Lipinski definition) is 2. The molecule has 1 aromatic heterocycles. The van der Waals surface area contributed by atoms with Crippen LogP contribution in [-0.4, -0.2) is 29.0 Å². The predicted octanol–water partition coefficient (Wildman–Crippen LogP) is 2.41. The first-order chi connectivity index (χ1) is 8.76. The molecule has 1 aromatic rings. The fourth-order valence-electron chi connectivity index (χ4n) is 3.57. The Morgan fingerprint density at radius 2 is 2.44 bits per heavy atom. The van der Waals surface area contributed by atoms with Crippen LogP contribution in [0.3, 0.4) is 0 Å². The number of rotatable bonds is 5. The molecule has 0 saturated heterocycles. The molecule has 100 valence electrons. The molecule has 0 bridgehead atoms. The van der Waals surface area contributed by atoms with E-state index < -0.39 is 0 Å². The smallest absolute Gasteiger partial charge is 0.0661 e. The van der Waals surface area contributed by atoms with Crippen LogP contribution in [0.5, 0.6) is 0 Å². The molecule has 1 spiro atoms. The molecule has 0 amide bonds. The predicted molar refractivity (Wildman–Crippen MR) is 70.2 cm³/mol. The Bertz CT molecular complexity index is 386. The number of hydrogen-bond acceptors (Lipinski definition) is 3. The van der Waals surface area contributed by atoms with Crippen LogP contribution < -0.4 is 5.32 Å². The van der Waals surface area contributed by atoms with Crippen molar-refractivity contribution in [1.82, 2.24) is 15.5 Å². The summed E-state index contributed by atoms with van der Waals surface area (Å²) in [7, 11) is 0. The summed E-state index contributed by atoms with van der Waals surface area (Å²) >= 11 is 0. The monoisotopic (exact) mass is 249 g/mol. The van der Waals surface area contributed by atoms with Gasteiger partial charge in [0.2, 0.25) is 0 Å². The van der Waals surface area contributed by atoms with Crippen LogP contribution >= 0.6 is 0 Å². The topological polar surface area (TPSA) is 49.9 Å². The van der Waals surface area contributed by atoms with Crippen molar-refractivity contribution >= 4 is 0 Å². The largest absolute Gasteiger partial charge is 0.378 e. The summed E-state index contributed by atoms with van der Waals surface area (Å²) in [4.78, 5) is 0. The Balaban J connectivity index is 1.61. The molecular formula is C14H23N3O. The van der Waals surface area contributed by atoms with Gasteiger partial charge in [0.25, 0.3) is 0 Å². The van der Waals surface area contributed by atoms with E-state index in [-0.39, 0.29) is 0 Å². The second-order valence-corrected chi connectivity index (χ2v) is 5.74. The van der Waals surface area contributed by atoms with E-state index in [1.165, 1.54) is 24.8 Å². The molecule has 4 heteroatoms. The van der Waals surface area contributed by atoms with E-state index in [9.17, 15) is 0 Å². The molecule has 3 rings (SSSR count). The van der Waals surface area contributed by atoms with Crippen LogP contribution in [0.2, 0.25) is 0 Å².